The van der Waals surface area contributed by atoms with Gasteiger partial charge in [-0.1, -0.05) is 0 Å². The summed E-state index contributed by atoms with van der Waals surface area (Å²) in [7, 11) is 0. The molecule has 2 aromatic rings. The largest absolute Gasteiger partial charge is 0.477 e. The molecule has 0 spiro atoms. The van der Waals surface area contributed by atoms with Gasteiger partial charge in [0.05, 0.1) is 5.69 Å². The van der Waals surface area contributed by atoms with Crippen LogP contribution in [-0.4, -0.2) is 25.8 Å². The Morgan fingerprint density at radius 1 is 1.39 bits per heavy atom. The zero-order valence-corrected chi connectivity index (χ0v) is 9.70. The van der Waals surface area contributed by atoms with Crippen LogP contribution in [0.25, 0.3) is 11.3 Å². The summed E-state index contributed by atoms with van der Waals surface area (Å²) in [4.78, 5) is 26.6. The van der Waals surface area contributed by atoms with Crippen molar-refractivity contribution in [1.29, 1.82) is 0 Å². The Balaban J connectivity index is 2.67. The van der Waals surface area contributed by atoms with E-state index in [9.17, 15) is 9.59 Å². The minimum atomic E-state index is -1.25. The van der Waals surface area contributed by atoms with Crippen molar-refractivity contribution < 1.29 is 9.90 Å². The maximum Gasteiger partial charge on any atom is 0.341 e. The predicted molar refractivity (Wildman–Crippen MR) is 64.4 cm³/mol. The van der Waals surface area contributed by atoms with E-state index >= 15 is 0 Å². The molecule has 2 aromatic heterocycles. The summed E-state index contributed by atoms with van der Waals surface area (Å²) in [6.07, 6.45) is 3.16. The first kappa shape index (κ1) is 12.0. The van der Waals surface area contributed by atoms with Crippen molar-refractivity contribution in [3.05, 3.63) is 46.5 Å². The fourth-order valence-electron chi connectivity index (χ4n) is 1.57. The summed E-state index contributed by atoms with van der Waals surface area (Å²) in [5, 5.41) is 13.1. The van der Waals surface area contributed by atoms with Gasteiger partial charge in [0.2, 0.25) is 0 Å². The zero-order chi connectivity index (χ0) is 13.1. The Kier molecular flexibility index (Phi) is 3.18. The van der Waals surface area contributed by atoms with Gasteiger partial charge in [-0.2, -0.15) is 5.10 Å². The molecule has 0 aliphatic rings. The molecule has 92 valence electrons. The molecule has 0 aliphatic carbocycles. The van der Waals surface area contributed by atoms with Crippen LogP contribution in [-0.2, 0) is 6.54 Å². The normalized spacial score (nSPS) is 10.3. The lowest BCUT2D eigenvalue weighted by atomic mass is 10.1. The molecule has 2 rings (SSSR count). The van der Waals surface area contributed by atoms with Gasteiger partial charge in [-0.3, -0.25) is 9.78 Å². The van der Waals surface area contributed by atoms with Crippen LogP contribution in [0.5, 0.6) is 0 Å². The minimum absolute atomic E-state index is 0.279. The van der Waals surface area contributed by atoms with Gasteiger partial charge in [0.15, 0.2) is 0 Å². The molecule has 0 saturated heterocycles. The molecular weight excluding hydrogens is 234 g/mol. The monoisotopic (exact) mass is 245 g/mol. The zero-order valence-electron chi connectivity index (χ0n) is 9.70. The third-order valence-electron chi connectivity index (χ3n) is 2.48. The fourth-order valence-corrected chi connectivity index (χ4v) is 1.57. The molecule has 0 aliphatic heterocycles. The number of aryl methyl sites for hydroxylation is 1. The van der Waals surface area contributed by atoms with Crippen molar-refractivity contribution in [3.8, 4) is 11.3 Å². The Bertz CT molecular complexity index is 635. The third kappa shape index (κ3) is 2.13. The highest BCUT2D eigenvalue weighted by Crippen LogP contribution is 2.14. The quantitative estimate of drug-likeness (QED) is 0.872. The molecular formula is C12H11N3O3. The van der Waals surface area contributed by atoms with Gasteiger partial charge in [0.1, 0.15) is 5.56 Å². The highest BCUT2D eigenvalue weighted by atomic mass is 16.4. The van der Waals surface area contributed by atoms with Gasteiger partial charge in [0.25, 0.3) is 5.56 Å². The van der Waals surface area contributed by atoms with Gasteiger partial charge < -0.3 is 5.11 Å². The number of nitrogens with zero attached hydrogens (tertiary/aromatic N) is 3. The standard InChI is InChI=1S/C12H11N3O3/c1-2-15-11(16)9(12(17)18)7-10(14-15)8-3-5-13-6-4-8/h3-7H,2H2,1H3,(H,17,18). The lowest BCUT2D eigenvalue weighted by Gasteiger charge is -2.06. The van der Waals surface area contributed by atoms with Crippen molar-refractivity contribution in [2.45, 2.75) is 13.5 Å². The molecule has 1 N–H and O–H groups in total. The molecule has 18 heavy (non-hydrogen) atoms. The second-order valence-corrected chi connectivity index (χ2v) is 3.61. The number of rotatable bonds is 3. The van der Waals surface area contributed by atoms with E-state index in [2.05, 4.69) is 10.1 Å². The van der Waals surface area contributed by atoms with E-state index < -0.39 is 11.5 Å². The van der Waals surface area contributed by atoms with E-state index in [1.54, 1.807) is 31.5 Å². The number of hydrogen-bond donors (Lipinski definition) is 1. The lowest BCUT2D eigenvalue weighted by molar-refractivity contribution is 0.0694. The van der Waals surface area contributed by atoms with E-state index in [0.717, 1.165) is 10.2 Å². The molecule has 0 aromatic carbocycles. The molecule has 0 unspecified atom stereocenters. The first-order valence-corrected chi connectivity index (χ1v) is 5.39. The van der Waals surface area contributed by atoms with Gasteiger partial charge in [-0.25, -0.2) is 9.48 Å². The Morgan fingerprint density at radius 2 is 2.06 bits per heavy atom. The number of hydrogen-bond acceptors (Lipinski definition) is 4. The van der Waals surface area contributed by atoms with Crippen LogP contribution in [0.4, 0.5) is 0 Å². The highest BCUT2D eigenvalue weighted by Gasteiger charge is 2.14. The van der Waals surface area contributed by atoms with E-state index in [0.29, 0.717) is 12.2 Å². The van der Waals surface area contributed by atoms with E-state index in [-0.39, 0.29) is 5.56 Å². The number of aromatic carboxylic acids is 1. The average molecular weight is 245 g/mol. The fraction of sp³-hybridized carbons (Fsp3) is 0.167. The van der Waals surface area contributed by atoms with Crippen LogP contribution in [0.3, 0.4) is 0 Å². The molecule has 0 fully saturated rings. The number of carboxylic acids is 1. The first-order chi connectivity index (χ1) is 8.63. The summed E-state index contributed by atoms with van der Waals surface area (Å²) in [6.45, 7) is 2.05. The van der Waals surface area contributed by atoms with Crippen molar-refractivity contribution in [3.63, 3.8) is 0 Å². The summed E-state index contributed by atoms with van der Waals surface area (Å²) < 4.78 is 1.14. The maximum atomic E-state index is 11.7. The van der Waals surface area contributed by atoms with Crippen LogP contribution < -0.4 is 5.56 Å². The lowest BCUT2D eigenvalue weighted by Crippen LogP contribution is -2.28. The molecule has 6 nitrogen and oxygen atoms in total. The average Bonchev–Trinajstić information content (AvgIpc) is 2.39. The van der Waals surface area contributed by atoms with Crippen molar-refractivity contribution in [1.82, 2.24) is 14.8 Å². The molecule has 6 heteroatoms. The minimum Gasteiger partial charge on any atom is -0.477 e. The third-order valence-corrected chi connectivity index (χ3v) is 2.48. The van der Waals surface area contributed by atoms with Gasteiger partial charge >= 0.3 is 5.97 Å². The summed E-state index contributed by atoms with van der Waals surface area (Å²) in [5.74, 6) is -1.25. The van der Waals surface area contributed by atoms with Gasteiger partial charge in [0, 0.05) is 24.5 Å². The van der Waals surface area contributed by atoms with Crippen molar-refractivity contribution in [2.75, 3.05) is 0 Å². The van der Waals surface area contributed by atoms with Crippen molar-refractivity contribution >= 4 is 5.97 Å². The van der Waals surface area contributed by atoms with Crippen LogP contribution in [0, 0.1) is 0 Å². The molecule has 0 bridgehead atoms. The van der Waals surface area contributed by atoms with Gasteiger partial charge in [-0.05, 0) is 25.1 Å². The number of pyridine rings is 1. The highest BCUT2D eigenvalue weighted by molar-refractivity contribution is 5.88. The van der Waals surface area contributed by atoms with Crippen LogP contribution in [0.15, 0.2) is 35.4 Å². The Hall–Kier alpha value is -2.50. The number of carboxylic acid groups (broad SMARTS) is 1. The first-order valence-electron chi connectivity index (χ1n) is 5.39. The van der Waals surface area contributed by atoms with Crippen molar-refractivity contribution in [2.24, 2.45) is 0 Å². The summed E-state index contributed by atoms with van der Waals surface area (Å²) in [5.41, 5.74) is 0.285. The summed E-state index contributed by atoms with van der Waals surface area (Å²) >= 11 is 0. The molecule has 0 amide bonds. The smallest absolute Gasteiger partial charge is 0.341 e. The number of aromatic nitrogens is 3. The predicted octanol–water partition coefficient (Wildman–Crippen LogP) is 1.02. The second-order valence-electron chi connectivity index (χ2n) is 3.61. The van der Waals surface area contributed by atoms with Gasteiger partial charge in [-0.15, -0.1) is 0 Å². The molecule has 0 saturated carbocycles. The van der Waals surface area contributed by atoms with E-state index in [1.165, 1.54) is 6.07 Å². The van der Waals surface area contributed by atoms with E-state index in [1.807, 2.05) is 0 Å². The number of carbonyl (C=O) groups is 1. The SMILES string of the molecule is CCn1nc(-c2ccncc2)cc(C(=O)O)c1=O. The molecule has 2 heterocycles. The van der Waals surface area contributed by atoms with E-state index in [4.69, 9.17) is 5.11 Å². The van der Waals surface area contributed by atoms with Crippen LogP contribution in [0.2, 0.25) is 0 Å². The Labute approximate surface area is 103 Å². The Morgan fingerprint density at radius 3 is 2.61 bits per heavy atom. The van der Waals surface area contributed by atoms with Crippen LogP contribution >= 0.6 is 0 Å². The van der Waals surface area contributed by atoms with Crippen LogP contribution in [0.1, 0.15) is 17.3 Å². The molecule has 0 radical (unpaired) electrons. The summed E-state index contributed by atoms with van der Waals surface area (Å²) in [6, 6.07) is 4.70. The topological polar surface area (TPSA) is 85.1 Å². The molecule has 0 atom stereocenters. The second kappa shape index (κ2) is 4.79. The maximum absolute atomic E-state index is 11.7.